The lowest BCUT2D eigenvalue weighted by Gasteiger charge is -2.36. The van der Waals surface area contributed by atoms with Crippen molar-refractivity contribution in [3.8, 4) is 0 Å². The van der Waals surface area contributed by atoms with Crippen LogP contribution in [0.4, 0.5) is 5.82 Å². The van der Waals surface area contributed by atoms with Gasteiger partial charge >= 0.3 is 0 Å². The molecule has 0 saturated carbocycles. The number of pyridine rings is 1. The highest BCUT2D eigenvalue weighted by Crippen LogP contribution is 2.39. The molecule has 20 heavy (non-hydrogen) atoms. The maximum atomic E-state index is 5.70. The van der Waals surface area contributed by atoms with Gasteiger partial charge in [-0.15, -0.1) is 0 Å². The van der Waals surface area contributed by atoms with E-state index in [1.165, 1.54) is 30.5 Å². The number of hydrogen-bond donors (Lipinski definition) is 1. The van der Waals surface area contributed by atoms with E-state index in [1.54, 1.807) is 0 Å². The van der Waals surface area contributed by atoms with Gasteiger partial charge in [0.25, 0.3) is 0 Å². The Morgan fingerprint density at radius 3 is 2.70 bits per heavy atom. The standard InChI is InChI=1S/C17H22N3/c1-20(13-14-6-3-2-4-7-14)11-5-8-16(20)15-9-10-17(18)19-12-15/h2-4,6-7,9-10,12,16H,5,8,11,13H2,1H3,(H2,18,19)/q+1. The lowest BCUT2D eigenvalue weighted by atomic mass is 10.0. The summed E-state index contributed by atoms with van der Waals surface area (Å²) >= 11 is 0. The third kappa shape index (κ3) is 2.54. The summed E-state index contributed by atoms with van der Waals surface area (Å²) in [5.74, 6) is 0.601. The van der Waals surface area contributed by atoms with Crippen molar-refractivity contribution in [3.63, 3.8) is 0 Å². The highest BCUT2D eigenvalue weighted by atomic mass is 15.4. The fourth-order valence-corrected chi connectivity index (χ4v) is 3.44. The molecule has 1 saturated heterocycles. The number of nitrogen functional groups attached to an aromatic ring is 1. The van der Waals surface area contributed by atoms with Crippen LogP contribution in [0.5, 0.6) is 0 Å². The molecule has 1 aliphatic heterocycles. The molecule has 1 fully saturated rings. The Balaban J connectivity index is 1.85. The molecule has 1 aromatic carbocycles. The largest absolute Gasteiger partial charge is 0.384 e. The molecular weight excluding hydrogens is 246 g/mol. The topological polar surface area (TPSA) is 38.9 Å². The summed E-state index contributed by atoms with van der Waals surface area (Å²) in [6, 6.07) is 15.4. The Hall–Kier alpha value is -1.87. The minimum absolute atomic E-state index is 0.531. The van der Waals surface area contributed by atoms with Crippen LogP contribution in [0.15, 0.2) is 48.7 Å². The highest BCUT2D eigenvalue weighted by molar-refractivity contribution is 5.30. The molecule has 2 heterocycles. The zero-order chi connectivity index (χ0) is 14.0. The van der Waals surface area contributed by atoms with Gasteiger partial charge in [-0.2, -0.15) is 0 Å². The maximum Gasteiger partial charge on any atom is 0.123 e. The zero-order valence-corrected chi connectivity index (χ0v) is 12.0. The van der Waals surface area contributed by atoms with Crippen LogP contribution in [0.25, 0.3) is 0 Å². The smallest absolute Gasteiger partial charge is 0.123 e. The Labute approximate surface area is 120 Å². The van der Waals surface area contributed by atoms with Gasteiger partial charge in [-0.25, -0.2) is 4.98 Å². The Kier molecular flexibility index (Phi) is 3.45. The molecule has 0 spiro atoms. The fourth-order valence-electron chi connectivity index (χ4n) is 3.44. The lowest BCUT2D eigenvalue weighted by molar-refractivity contribution is -0.939. The average molecular weight is 268 g/mol. The Bertz CT molecular complexity index is 565. The number of nitrogens with zero attached hydrogens (tertiary/aromatic N) is 2. The summed E-state index contributed by atoms with van der Waals surface area (Å²) in [5.41, 5.74) is 8.42. The normalized spacial score (nSPS) is 25.8. The van der Waals surface area contributed by atoms with Gasteiger partial charge in [0, 0.05) is 30.2 Å². The molecule has 2 aromatic rings. The van der Waals surface area contributed by atoms with E-state index in [9.17, 15) is 0 Å². The van der Waals surface area contributed by atoms with Gasteiger partial charge in [0.15, 0.2) is 0 Å². The first-order valence-electron chi connectivity index (χ1n) is 7.27. The number of aromatic nitrogens is 1. The molecule has 1 aliphatic rings. The average Bonchev–Trinajstić information content (AvgIpc) is 2.82. The van der Waals surface area contributed by atoms with Crippen molar-refractivity contribution < 1.29 is 4.48 Å². The number of likely N-dealkylation sites (tertiary alicyclic amines) is 1. The van der Waals surface area contributed by atoms with Crippen LogP contribution < -0.4 is 5.73 Å². The minimum Gasteiger partial charge on any atom is -0.384 e. The van der Waals surface area contributed by atoms with Crippen molar-refractivity contribution in [2.75, 3.05) is 19.3 Å². The van der Waals surface area contributed by atoms with E-state index in [1.807, 2.05) is 12.3 Å². The van der Waals surface area contributed by atoms with Crippen LogP contribution in [0.3, 0.4) is 0 Å². The van der Waals surface area contributed by atoms with Crippen molar-refractivity contribution in [3.05, 3.63) is 59.8 Å². The van der Waals surface area contributed by atoms with E-state index in [0.717, 1.165) is 11.0 Å². The van der Waals surface area contributed by atoms with Gasteiger partial charge in [0.05, 0.1) is 13.6 Å². The van der Waals surface area contributed by atoms with Crippen molar-refractivity contribution in [2.24, 2.45) is 0 Å². The molecule has 0 radical (unpaired) electrons. The first kappa shape index (κ1) is 13.1. The van der Waals surface area contributed by atoms with Crippen LogP contribution >= 0.6 is 0 Å². The maximum absolute atomic E-state index is 5.70. The van der Waals surface area contributed by atoms with Crippen LogP contribution in [0.1, 0.15) is 30.0 Å². The predicted molar refractivity (Wildman–Crippen MR) is 81.8 cm³/mol. The molecule has 2 atom stereocenters. The number of quaternary nitrogens is 1. The van der Waals surface area contributed by atoms with Gasteiger partial charge in [0.1, 0.15) is 18.4 Å². The van der Waals surface area contributed by atoms with Gasteiger partial charge in [-0.3, -0.25) is 0 Å². The van der Waals surface area contributed by atoms with Crippen LogP contribution in [0, 0.1) is 0 Å². The van der Waals surface area contributed by atoms with Crippen molar-refractivity contribution in [1.29, 1.82) is 0 Å². The number of rotatable bonds is 3. The summed E-state index contributed by atoms with van der Waals surface area (Å²) in [5, 5.41) is 0. The highest BCUT2D eigenvalue weighted by Gasteiger charge is 2.39. The lowest BCUT2D eigenvalue weighted by Crippen LogP contribution is -2.42. The van der Waals surface area contributed by atoms with Crippen molar-refractivity contribution >= 4 is 5.82 Å². The van der Waals surface area contributed by atoms with Crippen LogP contribution in [-0.4, -0.2) is 23.1 Å². The third-order valence-corrected chi connectivity index (χ3v) is 4.48. The summed E-state index contributed by atoms with van der Waals surface area (Å²) < 4.78 is 1.07. The van der Waals surface area contributed by atoms with E-state index in [2.05, 4.69) is 48.4 Å². The number of hydrogen-bond acceptors (Lipinski definition) is 2. The molecule has 104 valence electrons. The number of anilines is 1. The first-order chi connectivity index (χ1) is 9.67. The molecule has 2 unspecified atom stereocenters. The quantitative estimate of drug-likeness (QED) is 0.869. The summed E-state index contributed by atoms with van der Waals surface area (Å²) in [4.78, 5) is 4.26. The molecule has 0 amide bonds. The number of nitrogens with two attached hydrogens (primary N) is 1. The van der Waals surface area contributed by atoms with Gasteiger partial charge in [-0.1, -0.05) is 30.3 Å². The molecule has 0 aliphatic carbocycles. The molecule has 3 heteroatoms. The summed E-state index contributed by atoms with van der Waals surface area (Å²) in [6.07, 6.45) is 4.46. The molecule has 2 N–H and O–H groups in total. The molecule has 3 nitrogen and oxygen atoms in total. The monoisotopic (exact) mass is 268 g/mol. The summed E-state index contributed by atoms with van der Waals surface area (Å²) in [6.45, 7) is 2.31. The molecule has 1 aromatic heterocycles. The van der Waals surface area contributed by atoms with E-state index < -0.39 is 0 Å². The van der Waals surface area contributed by atoms with Gasteiger partial charge in [-0.05, 0) is 12.1 Å². The second-order valence-electron chi connectivity index (χ2n) is 6.02. The third-order valence-electron chi connectivity index (χ3n) is 4.48. The second kappa shape index (κ2) is 5.25. The van der Waals surface area contributed by atoms with E-state index >= 15 is 0 Å². The van der Waals surface area contributed by atoms with Crippen molar-refractivity contribution in [1.82, 2.24) is 4.98 Å². The fraction of sp³-hybridized carbons (Fsp3) is 0.353. The summed E-state index contributed by atoms with van der Waals surface area (Å²) in [7, 11) is 2.36. The Morgan fingerprint density at radius 2 is 2.00 bits per heavy atom. The molecule has 3 rings (SSSR count). The van der Waals surface area contributed by atoms with Gasteiger partial charge < -0.3 is 10.2 Å². The van der Waals surface area contributed by atoms with E-state index in [4.69, 9.17) is 5.73 Å². The Morgan fingerprint density at radius 1 is 1.20 bits per heavy atom. The van der Waals surface area contributed by atoms with Crippen LogP contribution in [0.2, 0.25) is 0 Å². The predicted octanol–water partition coefficient (Wildman–Crippen LogP) is 3.15. The molecular formula is C17H22N3+. The SMILES string of the molecule is C[N+]1(Cc2ccccc2)CCCC1c1ccc(N)nc1. The number of benzene rings is 1. The second-order valence-corrected chi connectivity index (χ2v) is 6.02. The van der Waals surface area contributed by atoms with Crippen LogP contribution in [-0.2, 0) is 6.54 Å². The van der Waals surface area contributed by atoms with Crippen molar-refractivity contribution in [2.45, 2.75) is 25.4 Å². The molecule has 0 bridgehead atoms. The van der Waals surface area contributed by atoms with E-state index in [-0.39, 0.29) is 0 Å². The first-order valence-corrected chi connectivity index (χ1v) is 7.27. The minimum atomic E-state index is 0.531. The van der Waals surface area contributed by atoms with E-state index in [0.29, 0.717) is 11.9 Å². The zero-order valence-electron chi connectivity index (χ0n) is 12.0. The van der Waals surface area contributed by atoms with Gasteiger partial charge in [0.2, 0.25) is 0 Å².